The number of hydrogen-bond acceptors (Lipinski definition) is 3. The van der Waals surface area contributed by atoms with Crippen LogP contribution in [0.2, 0.25) is 0 Å². The van der Waals surface area contributed by atoms with Crippen molar-refractivity contribution in [3.05, 3.63) is 37.0 Å². The van der Waals surface area contributed by atoms with Gasteiger partial charge in [-0.3, -0.25) is 4.79 Å². The first kappa shape index (κ1) is 13.1. The minimum atomic E-state index is -0.781. The van der Waals surface area contributed by atoms with Crippen molar-refractivity contribution >= 4 is 5.97 Å². The highest BCUT2D eigenvalue weighted by Crippen LogP contribution is 2.52. The molecule has 0 spiro atoms. The second-order valence-corrected chi connectivity index (χ2v) is 4.82. The van der Waals surface area contributed by atoms with E-state index in [0.29, 0.717) is 31.6 Å². The topological polar surface area (TPSA) is 58.6 Å². The maximum Gasteiger partial charge on any atom is 0.321 e. The van der Waals surface area contributed by atoms with E-state index in [2.05, 4.69) is 18.5 Å². The molecule has 3 atom stereocenters. The van der Waals surface area contributed by atoms with E-state index in [1.54, 1.807) is 12.2 Å². The van der Waals surface area contributed by atoms with E-state index in [4.69, 9.17) is 4.74 Å². The first-order valence-electron chi connectivity index (χ1n) is 6.17. The molecule has 0 radical (unpaired) electrons. The minimum absolute atomic E-state index is 0.214. The normalized spacial score (nSPS) is 31.6. The molecule has 2 N–H and O–H groups in total. The number of aliphatic carboxylic acids is 1. The molecular weight excluding hydrogens is 230 g/mol. The lowest BCUT2D eigenvalue weighted by Gasteiger charge is -2.16. The number of carboxylic acids is 1. The molecule has 0 aromatic heterocycles. The summed E-state index contributed by atoms with van der Waals surface area (Å²) in [4.78, 5) is 11.3. The molecule has 4 nitrogen and oxygen atoms in total. The Labute approximate surface area is 107 Å². The fraction of sp³-hybridized carbons (Fsp3) is 0.500. The highest BCUT2D eigenvalue weighted by molar-refractivity contribution is 5.74. The Balaban J connectivity index is 1.92. The van der Waals surface area contributed by atoms with Gasteiger partial charge in [-0.25, -0.2) is 0 Å². The van der Waals surface area contributed by atoms with Crippen molar-refractivity contribution in [2.45, 2.75) is 6.04 Å². The minimum Gasteiger partial charge on any atom is -0.480 e. The third-order valence-corrected chi connectivity index (χ3v) is 3.79. The summed E-state index contributed by atoms with van der Waals surface area (Å²) in [6.07, 6.45) is 5.22. The molecule has 0 amide bonds. The van der Waals surface area contributed by atoms with Crippen molar-refractivity contribution in [2.75, 3.05) is 19.8 Å². The molecule has 0 aromatic rings. The summed E-state index contributed by atoms with van der Waals surface area (Å²) in [6.45, 7) is 9.23. The highest BCUT2D eigenvalue weighted by Gasteiger charge is 2.59. The molecule has 1 aliphatic heterocycles. The van der Waals surface area contributed by atoms with Crippen molar-refractivity contribution in [3.8, 4) is 0 Å². The number of nitrogens with one attached hydrogen (secondary N) is 1. The van der Waals surface area contributed by atoms with Gasteiger partial charge in [0.1, 0.15) is 6.04 Å². The van der Waals surface area contributed by atoms with Crippen molar-refractivity contribution in [3.63, 3.8) is 0 Å². The van der Waals surface area contributed by atoms with E-state index in [9.17, 15) is 9.90 Å². The van der Waals surface area contributed by atoms with Crippen LogP contribution in [-0.4, -0.2) is 36.9 Å². The first-order valence-corrected chi connectivity index (χ1v) is 6.17. The maximum absolute atomic E-state index is 11.3. The van der Waals surface area contributed by atoms with Gasteiger partial charge in [-0.05, 0) is 23.3 Å². The van der Waals surface area contributed by atoms with E-state index in [1.807, 2.05) is 6.08 Å². The van der Waals surface area contributed by atoms with Crippen LogP contribution in [0, 0.1) is 17.8 Å². The SMILES string of the molecule is C=C/C=C(\C=C)CNC(C(=O)O)C1C2COCC21. The average molecular weight is 249 g/mol. The molecule has 1 heterocycles. The monoisotopic (exact) mass is 249 g/mol. The highest BCUT2D eigenvalue weighted by atomic mass is 16.5. The molecule has 18 heavy (non-hydrogen) atoms. The van der Waals surface area contributed by atoms with Crippen LogP contribution in [0.3, 0.4) is 0 Å². The zero-order valence-corrected chi connectivity index (χ0v) is 10.3. The van der Waals surface area contributed by atoms with Crippen molar-refractivity contribution in [1.29, 1.82) is 0 Å². The van der Waals surface area contributed by atoms with Gasteiger partial charge in [-0.15, -0.1) is 0 Å². The number of carbonyl (C=O) groups is 1. The van der Waals surface area contributed by atoms with E-state index < -0.39 is 12.0 Å². The van der Waals surface area contributed by atoms with Gasteiger partial charge in [0.15, 0.2) is 0 Å². The fourth-order valence-corrected chi connectivity index (χ4v) is 2.75. The van der Waals surface area contributed by atoms with E-state index in [0.717, 1.165) is 5.57 Å². The molecule has 2 fully saturated rings. The summed E-state index contributed by atoms with van der Waals surface area (Å²) in [6, 6.07) is -0.489. The number of ether oxygens (including phenoxy) is 1. The molecular formula is C14H19NO3. The quantitative estimate of drug-likeness (QED) is 0.666. The Bertz CT molecular complexity index is 379. The third-order valence-electron chi connectivity index (χ3n) is 3.79. The van der Waals surface area contributed by atoms with Crippen molar-refractivity contribution in [2.24, 2.45) is 17.8 Å². The van der Waals surface area contributed by atoms with Gasteiger partial charge in [0.25, 0.3) is 0 Å². The fourth-order valence-electron chi connectivity index (χ4n) is 2.75. The van der Waals surface area contributed by atoms with Crippen LogP contribution >= 0.6 is 0 Å². The van der Waals surface area contributed by atoms with Gasteiger partial charge >= 0.3 is 5.97 Å². The smallest absolute Gasteiger partial charge is 0.321 e. The van der Waals surface area contributed by atoms with Gasteiger partial charge < -0.3 is 15.2 Å². The van der Waals surface area contributed by atoms with Gasteiger partial charge in [0, 0.05) is 6.54 Å². The molecule has 0 bridgehead atoms. The van der Waals surface area contributed by atoms with Crippen molar-refractivity contribution < 1.29 is 14.6 Å². The van der Waals surface area contributed by atoms with Gasteiger partial charge in [0.05, 0.1) is 13.2 Å². The largest absolute Gasteiger partial charge is 0.480 e. The van der Waals surface area contributed by atoms with Crippen LogP contribution in [0.15, 0.2) is 37.0 Å². The lowest BCUT2D eigenvalue weighted by Crippen LogP contribution is -2.41. The predicted molar refractivity (Wildman–Crippen MR) is 69.2 cm³/mol. The second-order valence-electron chi connectivity index (χ2n) is 4.82. The summed E-state index contributed by atoms with van der Waals surface area (Å²) in [5, 5.41) is 12.4. The Morgan fingerprint density at radius 3 is 2.61 bits per heavy atom. The van der Waals surface area contributed by atoms with Crippen LogP contribution in [-0.2, 0) is 9.53 Å². The van der Waals surface area contributed by atoms with Gasteiger partial charge in [0.2, 0.25) is 0 Å². The van der Waals surface area contributed by atoms with E-state index >= 15 is 0 Å². The first-order chi connectivity index (χ1) is 8.69. The van der Waals surface area contributed by atoms with Gasteiger partial charge in [-0.2, -0.15) is 0 Å². The van der Waals surface area contributed by atoms with E-state index in [1.165, 1.54) is 0 Å². The number of fused-ring (bicyclic) bond motifs is 1. The number of rotatable bonds is 7. The molecule has 0 aromatic carbocycles. The molecule has 1 saturated carbocycles. The zero-order chi connectivity index (χ0) is 13.1. The summed E-state index contributed by atoms with van der Waals surface area (Å²) in [5.41, 5.74) is 0.943. The van der Waals surface area contributed by atoms with Crippen LogP contribution in [0.5, 0.6) is 0 Å². The van der Waals surface area contributed by atoms with Gasteiger partial charge in [-0.1, -0.05) is 31.4 Å². The lowest BCUT2D eigenvalue weighted by atomic mass is 10.1. The predicted octanol–water partition coefficient (Wildman–Crippen LogP) is 1.22. The van der Waals surface area contributed by atoms with Crippen LogP contribution in [0.25, 0.3) is 0 Å². The summed E-state index contributed by atoms with van der Waals surface area (Å²) >= 11 is 0. The van der Waals surface area contributed by atoms with Crippen molar-refractivity contribution in [1.82, 2.24) is 5.32 Å². The summed E-state index contributed by atoms with van der Waals surface area (Å²) in [7, 11) is 0. The maximum atomic E-state index is 11.3. The Morgan fingerprint density at radius 1 is 1.44 bits per heavy atom. The van der Waals surface area contributed by atoms with Crippen LogP contribution < -0.4 is 5.32 Å². The van der Waals surface area contributed by atoms with E-state index in [-0.39, 0.29) is 5.92 Å². The Hall–Kier alpha value is -1.39. The Morgan fingerprint density at radius 2 is 2.11 bits per heavy atom. The third kappa shape index (κ3) is 2.54. The molecule has 98 valence electrons. The summed E-state index contributed by atoms with van der Waals surface area (Å²) < 4.78 is 5.29. The van der Waals surface area contributed by atoms with Crippen LogP contribution in [0.1, 0.15) is 0 Å². The summed E-state index contributed by atoms with van der Waals surface area (Å²) in [5.74, 6) is 0.283. The average Bonchev–Trinajstić information content (AvgIpc) is 2.82. The molecule has 4 heteroatoms. The Kier molecular flexibility index (Phi) is 3.99. The second kappa shape index (κ2) is 5.50. The molecule has 2 aliphatic rings. The number of hydrogen-bond donors (Lipinski definition) is 2. The molecule has 1 aliphatic carbocycles. The zero-order valence-electron chi connectivity index (χ0n) is 10.3. The molecule has 2 rings (SSSR count). The molecule has 1 saturated heterocycles. The number of allylic oxidation sites excluding steroid dienone is 2. The standard InChI is InChI=1S/C14H19NO3/c1-3-5-9(4-2)6-15-13(14(16)17)12-10-7-18-8-11(10)12/h3-5,10-13,15H,1-2,6-8H2,(H,16,17)/b9-5+. The number of carboxylic acid groups (broad SMARTS) is 1. The lowest BCUT2D eigenvalue weighted by molar-refractivity contribution is -0.140. The van der Waals surface area contributed by atoms with Crippen LogP contribution in [0.4, 0.5) is 0 Å². The molecule has 3 unspecified atom stereocenters.